The van der Waals surface area contributed by atoms with Crippen LogP contribution in [0.2, 0.25) is 0 Å². The molecule has 0 aromatic carbocycles. The summed E-state index contributed by atoms with van der Waals surface area (Å²) >= 11 is 3.27. The Kier molecular flexibility index (Phi) is 3.91. The van der Waals surface area contributed by atoms with Gasteiger partial charge in [0.25, 0.3) is 0 Å². The average molecular weight is 242 g/mol. The largest absolute Gasteiger partial charge is 0.244 e. The van der Waals surface area contributed by atoms with Crippen LogP contribution in [0.4, 0.5) is 4.39 Å². The molecule has 0 saturated carbocycles. The maximum absolute atomic E-state index is 12.6. The van der Waals surface area contributed by atoms with Crippen molar-refractivity contribution in [2.75, 3.05) is 5.33 Å². The minimum Gasteiger partial charge on any atom is -0.244 e. The van der Waals surface area contributed by atoms with Crippen LogP contribution in [0.1, 0.15) is 17.7 Å². The van der Waals surface area contributed by atoms with E-state index in [4.69, 9.17) is 0 Å². The Balaban J connectivity index is 2.85. The summed E-state index contributed by atoms with van der Waals surface area (Å²) in [5, 5.41) is 0.847. The van der Waals surface area contributed by atoms with Crippen molar-refractivity contribution in [3.05, 3.63) is 29.3 Å². The van der Waals surface area contributed by atoms with E-state index in [0.717, 1.165) is 17.3 Å². The third-order valence-electron chi connectivity index (χ3n) is 1.47. The fraction of sp³-hybridized carbons (Fsp3) is 0.300. The zero-order valence-corrected chi connectivity index (χ0v) is 8.86. The molecular weight excluding hydrogens is 233 g/mol. The molecule has 1 rings (SSSR count). The minimum absolute atomic E-state index is 0.316. The Morgan fingerprint density at radius 3 is 3.00 bits per heavy atom. The first-order chi connectivity index (χ1) is 6.24. The predicted molar refractivity (Wildman–Crippen MR) is 54.2 cm³/mol. The zero-order chi connectivity index (χ0) is 9.68. The third kappa shape index (κ3) is 3.16. The summed E-state index contributed by atoms with van der Waals surface area (Å²) in [4.78, 5) is 3.89. The average Bonchev–Trinajstić information content (AvgIpc) is 2.09. The molecule has 1 nitrogen and oxygen atoms in total. The summed E-state index contributed by atoms with van der Waals surface area (Å²) in [6.07, 6.45) is 1.96. The van der Waals surface area contributed by atoms with Gasteiger partial charge in [0.05, 0.1) is 6.20 Å². The van der Waals surface area contributed by atoms with Crippen molar-refractivity contribution in [2.45, 2.75) is 13.3 Å². The van der Waals surface area contributed by atoms with E-state index in [0.29, 0.717) is 5.69 Å². The van der Waals surface area contributed by atoms with Gasteiger partial charge in [-0.3, -0.25) is 0 Å². The lowest BCUT2D eigenvalue weighted by Crippen LogP contribution is -1.89. The molecule has 0 spiro atoms. The summed E-state index contributed by atoms with van der Waals surface area (Å²) in [6, 6.07) is 1.44. The summed E-state index contributed by atoms with van der Waals surface area (Å²) < 4.78 is 12.6. The van der Waals surface area contributed by atoms with Crippen molar-refractivity contribution >= 4 is 15.9 Å². The van der Waals surface area contributed by atoms with Crippen molar-refractivity contribution in [2.24, 2.45) is 0 Å². The first-order valence-electron chi connectivity index (χ1n) is 3.91. The van der Waals surface area contributed by atoms with Crippen LogP contribution in [0.25, 0.3) is 0 Å². The second-order valence-electron chi connectivity index (χ2n) is 2.56. The quantitative estimate of drug-likeness (QED) is 0.545. The molecule has 0 amide bonds. The van der Waals surface area contributed by atoms with E-state index in [-0.39, 0.29) is 5.82 Å². The van der Waals surface area contributed by atoms with Gasteiger partial charge in [-0.25, -0.2) is 9.37 Å². The molecule has 1 heterocycles. The SMILES string of the molecule is Cc1cc(F)cnc1C#CCCBr. The lowest BCUT2D eigenvalue weighted by Gasteiger charge is -1.95. The van der Waals surface area contributed by atoms with Gasteiger partial charge in [-0.15, -0.1) is 0 Å². The van der Waals surface area contributed by atoms with Crippen LogP contribution in [0.15, 0.2) is 12.3 Å². The van der Waals surface area contributed by atoms with Crippen molar-refractivity contribution in [3.8, 4) is 11.8 Å². The summed E-state index contributed by atoms with van der Waals surface area (Å²) in [5.41, 5.74) is 1.43. The van der Waals surface area contributed by atoms with Gasteiger partial charge in [-0.2, -0.15) is 0 Å². The van der Waals surface area contributed by atoms with Crippen LogP contribution in [0.3, 0.4) is 0 Å². The number of aromatic nitrogens is 1. The standard InChI is InChI=1S/C10H9BrFN/c1-8-6-9(12)7-13-10(8)4-2-3-5-11/h6-7H,3,5H2,1H3. The molecule has 0 aliphatic rings. The number of alkyl halides is 1. The number of hydrogen-bond donors (Lipinski definition) is 0. The fourth-order valence-corrected chi connectivity index (χ4v) is 1.06. The molecule has 1 aromatic heterocycles. The van der Waals surface area contributed by atoms with Crippen molar-refractivity contribution in [1.82, 2.24) is 4.98 Å². The van der Waals surface area contributed by atoms with Crippen molar-refractivity contribution in [1.29, 1.82) is 0 Å². The van der Waals surface area contributed by atoms with Gasteiger partial charge in [-0.05, 0) is 24.5 Å². The summed E-state index contributed by atoms with van der Waals surface area (Å²) in [6.45, 7) is 1.80. The number of aryl methyl sites for hydroxylation is 1. The number of hydrogen-bond acceptors (Lipinski definition) is 1. The molecule has 1 aromatic rings. The Labute approximate surface area is 85.5 Å². The van der Waals surface area contributed by atoms with Crippen LogP contribution in [0, 0.1) is 24.6 Å². The highest BCUT2D eigenvalue weighted by Crippen LogP contribution is 2.04. The predicted octanol–water partition coefficient (Wildman–Crippen LogP) is 2.67. The van der Waals surface area contributed by atoms with Gasteiger partial charge >= 0.3 is 0 Å². The second kappa shape index (κ2) is 4.98. The maximum Gasteiger partial charge on any atom is 0.141 e. The molecule has 0 fully saturated rings. The number of pyridine rings is 1. The van der Waals surface area contributed by atoms with E-state index < -0.39 is 0 Å². The molecule has 0 aliphatic carbocycles. The first kappa shape index (κ1) is 10.2. The lowest BCUT2D eigenvalue weighted by molar-refractivity contribution is 0.619. The normalized spacial score (nSPS) is 9.15. The van der Waals surface area contributed by atoms with E-state index in [1.807, 2.05) is 0 Å². The molecule has 0 unspecified atom stereocenters. The maximum atomic E-state index is 12.6. The Morgan fingerprint density at radius 1 is 1.62 bits per heavy atom. The van der Waals surface area contributed by atoms with Gasteiger partial charge in [0.15, 0.2) is 0 Å². The molecule has 0 bridgehead atoms. The fourth-order valence-electron chi connectivity index (χ4n) is 0.865. The van der Waals surface area contributed by atoms with Crippen molar-refractivity contribution < 1.29 is 4.39 Å². The van der Waals surface area contributed by atoms with Crippen LogP contribution in [0.5, 0.6) is 0 Å². The first-order valence-corrected chi connectivity index (χ1v) is 5.03. The van der Waals surface area contributed by atoms with Crippen LogP contribution < -0.4 is 0 Å². The van der Waals surface area contributed by atoms with Crippen LogP contribution in [-0.2, 0) is 0 Å². The molecule has 0 atom stereocenters. The number of halogens is 2. The Bertz CT molecular complexity index is 352. The minimum atomic E-state index is -0.316. The van der Waals surface area contributed by atoms with Crippen LogP contribution >= 0.6 is 15.9 Å². The molecule has 0 N–H and O–H groups in total. The van der Waals surface area contributed by atoms with E-state index in [1.54, 1.807) is 6.92 Å². The second-order valence-corrected chi connectivity index (χ2v) is 3.35. The number of rotatable bonds is 1. The summed E-state index contributed by atoms with van der Waals surface area (Å²) in [5.74, 6) is 5.50. The van der Waals surface area contributed by atoms with Gasteiger partial charge in [-0.1, -0.05) is 21.9 Å². The molecule has 68 valence electrons. The highest BCUT2D eigenvalue weighted by atomic mass is 79.9. The van der Waals surface area contributed by atoms with Gasteiger partial charge in [0.2, 0.25) is 0 Å². The highest BCUT2D eigenvalue weighted by Gasteiger charge is 1.96. The summed E-state index contributed by atoms with van der Waals surface area (Å²) in [7, 11) is 0. The topological polar surface area (TPSA) is 12.9 Å². The molecule has 3 heteroatoms. The van der Waals surface area contributed by atoms with Gasteiger partial charge in [0.1, 0.15) is 11.5 Å². The van der Waals surface area contributed by atoms with Crippen molar-refractivity contribution in [3.63, 3.8) is 0 Å². The monoisotopic (exact) mass is 241 g/mol. The molecule has 0 saturated heterocycles. The smallest absolute Gasteiger partial charge is 0.141 e. The van der Waals surface area contributed by atoms with Crippen LogP contribution in [-0.4, -0.2) is 10.3 Å². The molecule has 0 aliphatic heterocycles. The highest BCUT2D eigenvalue weighted by molar-refractivity contribution is 9.09. The molecule has 13 heavy (non-hydrogen) atoms. The molecule has 0 radical (unpaired) electrons. The van der Waals surface area contributed by atoms with E-state index >= 15 is 0 Å². The van der Waals surface area contributed by atoms with E-state index in [2.05, 4.69) is 32.8 Å². The van der Waals surface area contributed by atoms with Gasteiger partial charge in [0, 0.05) is 11.8 Å². The lowest BCUT2D eigenvalue weighted by atomic mass is 10.2. The number of nitrogens with zero attached hydrogens (tertiary/aromatic N) is 1. The van der Waals surface area contributed by atoms with Gasteiger partial charge < -0.3 is 0 Å². The third-order valence-corrected chi connectivity index (χ3v) is 1.87. The van der Waals surface area contributed by atoms with E-state index in [9.17, 15) is 4.39 Å². The Morgan fingerprint density at radius 2 is 2.38 bits per heavy atom. The Hall–Kier alpha value is -0.880. The van der Waals surface area contributed by atoms with E-state index in [1.165, 1.54) is 12.3 Å². The zero-order valence-electron chi connectivity index (χ0n) is 7.27. The molecular formula is C10H9BrFN.